The molecule has 2 aromatic rings. The zero-order chi connectivity index (χ0) is 19.5. The van der Waals surface area contributed by atoms with E-state index in [1.807, 2.05) is 29.7 Å². The summed E-state index contributed by atoms with van der Waals surface area (Å²) in [6.45, 7) is 9.43. The monoisotopic (exact) mass is 368 g/mol. The summed E-state index contributed by atoms with van der Waals surface area (Å²) in [5, 5.41) is 6.69. The molecular formula is C22H32N4O. The molecule has 0 amide bonds. The first-order valence-corrected chi connectivity index (χ1v) is 9.85. The summed E-state index contributed by atoms with van der Waals surface area (Å²) in [4.78, 5) is 16.6. The molecule has 0 bridgehead atoms. The van der Waals surface area contributed by atoms with Gasteiger partial charge in [0, 0.05) is 43.9 Å². The third-order valence-electron chi connectivity index (χ3n) is 4.61. The first-order chi connectivity index (χ1) is 13.1. The summed E-state index contributed by atoms with van der Waals surface area (Å²) < 4.78 is 1.83. The molecule has 1 unspecified atom stereocenters. The second kappa shape index (κ2) is 11.2. The summed E-state index contributed by atoms with van der Waals surface area (Å²) >= 11 is 0. The maximum atomic E-state index is 11.9. The molecule has 27 heavy (non-hydrogen) atoms. The summed E-state index contributed by atoms with van der Waals surface area (Å²) in [7, 11) is 0. The van der Waals surface area contributed by atoms with Crippen LogP contribution in [0.4, 0.5) is 0 Å². The number of nitrogens with one attached hydrogen (secondary N) is 2. The lowest BCUT2D eigenvalue weighted by Gasteiger charge is -2.14. The van der Waals surface area contributed by atoms with Crippen molar-refractivity contribution in [2.75, 3.05) is 19.6 Å². The molecule has 5 nitrogen and oxygen atoms in total. The van der Waals surface area contributed by atoms with Crippen LogP contribution in [-0.2, 0) is 6.54 Å². The maximum absolute atomic E-state index is 11.9. The van der Waals surface area contributed by atoms with Crippen LogP contribution in [0, 0.1) is 6.92 Å². The molecule has 0 aliphatic heterocycles. The van der Waals surface area contributed by atoms with Crippen LogP contribution in [-0.4, -0.2) is 30.2 Å². The Bertz CT molecular complexity index is 767. The molecule has 2 N–H and O–H groups in total. The van der Waals surface area contributed by atoms with Crippen molar-refractivity contribution in [1.29, 1.82) is 0 Å². The summed E-state index contributed by atoms with van der Waals surface area (Å²) in [5.74, 6) is 1.24. The van der Waals surface area contributed by atoms with E-state index in [1.165, 1.54) is 5.56 Å². The van der Waals surface area contributed by atoms with Crippen molar-refractivity contribution in [2.24, 2.45) is 4.99 Å². The first-order valence-electron chi connectivity index (χ1n) is 9.85. The van der Waals surface area contributed by atoms with Gasteiger partial charge in [0.25, 0.3) is 5.56 Å². The van der Waals surface area contributed by atoms with Crippen molar-refractivity contribution in [1.82, 2.24) is 15.2 Å². The van der Waals surface area contributed by atoms with Crippen LogP contribution in [0.5, 0.6) is 0 Å². The minimum atomic E-state index is 0.0766. The Morgan fingerprint density at radius 3 is 2.56 bits per heavy atom. The predicted molar refractivity (Wildman–Crippen MR) is 114 cm³/mol. The van der Waals surface area contributed by atoms with Crippen molar-refractivity contribution >= 4 is 5.96 Å². The second-order valence-corrected chi connectivity index (χ2v) is 6.82. The van der Waals surface area contributed by atoms with E-state index in [4.69, 9.17) is 4.99 Å². The molecule has 0 radical (unpaired) electrons. The molecular weight excluding hydrogens is 336 g/mol. The van der Waals surface area contributed by atoms with E-state index in [0.29, 0.717) is 5.92 Å². The van der Waals surface area contributed by atoms with Crippen LogP contribution in [0.25, 0.3) is 0 Å². The Kier molecular flexibility index (Phi) is 8.62. The fourth-order valence-corrected chi connectivity index (χ4v) is 2.97. The number of aromatic nitrogens is 1. The van der Waals surface area contributed by atoms with Crippen LogP contribution in [0.2, 0.25) is 0 Å². The second-order valence-electron chi connectivity index (χ2n) is 6.82. The minimum absolute atomic E-state index is 0.0766. The lowest BCUT2D eigenvalue weighted by Crippen LogP contribution is -2.38. The molecule has 2 rings (SSSR count). The molecule has 5 heteroatoms. The van der Waals surface area contributed by atoms with Gasteiger partial charge in [-0.05, 0) is 38.3 Å². The first kappa shape index (κ1) is 20.7. The Morgan fingerprint density at radius 1 is 1.07 bits per heavy atom. The highest BCUT2D eigenvalue weighted by Gasteiger charge is 2.05. The molecule has 0 aliphatic carbocycles. The Morgan fingerprint density at radius 2 is 1.85 bits per heavy atom. The molecule has 1 atom stereocenters. The van der Waals surface area contributed by atoms with Crippen LogP contribution < -0.4 is 16.2 Å². The predicted octanol–water partition coefficient (Wildman–Crippen LogP) is 3.30. The van der Waals surface area contributed by atoms with E-state index in [1.54, 1.807) is 6.07 Å². The fraction of sp³-hybridized carbons (Fsp3) is 0.455. The van der Waals surface area contributed by atoms with E-state index in [2.05, 4.69) is 48.7 Å². The lowest BCUT2D eigenvalue weighted by atomic mass is 10.0. The van der Waals surface area contributed by atoms with Crippen molar-refractivity contribution in [3.05, 3.63) is 70.1 Å². The van der Waals surface area contributed by atoms with Crippen molar-refractivity contribution in [3.8, 4) is 0 Å². The largest absolute Gasteiger partial charge is 0.357 e. The number of benzene rings is 1. The molecule has 1 aromatic carbocycles. The highest BCUT2D eigenvalue weighted by molar-refractivity contribution is 5.79. The smallest absolute Gasteiger partial charge is 0.250 e. The molecule has 0 aliphatic rings. The van der Waals surface area contributed by atoms with E-state index in [-0.39, 0.29) is 5.56 Å². The third-order valence-corrected chi connectivity index (χ3v) is 4.61. The summed E-state index contributed by atoms with van der Waals surface area (Å²) in [6, 6.07) is 15.9. The van der Waals surface area contributed by atoms with Gasteiger partial charge in [-0.3, -0.25) is 9.79 Å². The number of guanidine groups is 1. The Balaban J connectivity index is 1.78. The molecule has 1 heterocycles. The van der Waals surface area contributed by atoms with Gasteiger partial charge < -0.3 is 15.2 Å². The van der Waals surface area contributed by atoms with E-state index >= 15 is 0 Å². The average molecular weight is 369 g/mol. The van der Waals surface area contributed by atoms with E-state index < -0.39 is 0 Å². The standard InChI is InChI=1S/C22H32N4O/c1-4-23-22(25-17-18(2)20-12-6-5-7-13-20)24-15-8-9-16-26-19(3)11-10-14-21(26)27/h5-7,10-14,18H,4,8-9,15-17H2,1-3H3,(H2,23,24,25). The molecule has 0 spiro atoms. The highest BCUT2D eigenvalue weighted by atomic mass is 16.1. The van der Waals surface area contributed by atoms with Crippen LogP contribution >= 0.6 is 0 Å². The number of hydrogen-bond donors (Lipinski definition) is 2. The van der Waals surface area contributed by atoms with Crippen molar-refractivity contribution in [2.45, 2.75) is 46.1 Å². The number of rotatable bonds is 9. The highest BCUT2D eigenvalue weighted by Crippen LogP contribution is 2.14. The van der Waals surface area contributed by atoms with Crippen LogP contribution in [0.1, 0.15) is 43.9 Å². The van der Waals surface area contributed by atoms with Gasteiger partial charge in [-0.2, -0.15) is 0 Å². The van der Waals surface area contributed by atoms with Gasteiger partial charge in [0.15, 0.2) is 5.96 Å². The number of aryl methyl sites for hydroxylation is 1. The SMILES string of the molecule is CCNC(=NCC(C)c1ccccc1)NCCCCn1c(C)cccc1=O. The number of pyridine rings is 1. The normalized spacial score (nSPS) is 12.6. The van der Waals surface area contributed by atoms with E-state index in [0.717, 1.165) is 50.7 Å². The lowest BCUT2D eigenvalue weighted by molar-refractivity contribution is 0.574. The summed E-state index contributed by atoms with van der Waals surface area (Å²) in [5.41, 5.74) is 2.40. The van der Waals surface area contributed by atoms with Crippen molar-refractivity contribution in [3.63, 3.8) is 0 Å². The number of nitrogens with zero attached hydrogens (tertiary/aromatic N) is 2. The van der Waals surface area contributed by atoms with Gasteiger partial charge in [0.2, 0.25) is 0 Å². The van der Waals surface area contributed by atoms with Crippen LogP contribution in [0.15, 0.2) is 58.3 Å². The quantitative estimate of drug-likeness (QED) is 0.406. The maximum Gasteiger partial charge on any atom is 0.250 e. The van der Waals surface area contributed by atoms with E-state index in [9.17, 15) is 4.79 Å². The van der Waals surface area contributed by atoms with Gasteiger partial charge >= 0.3 is 0 Å². The van der Waals surface area contributed by atoms with Gasteiger partial charge in [-0.1, -0.05) is 43.3 Å². The van der Waals surface area contributed by atoms with Gasteiger partial charge in [0.05, 0.1) is 0 Å². The molecule has 1 aromatic heterocycles. The van der Waals surface area contributed by atoms with Crippen molar-refractivity contribution < 1.29 is 0 Å². The number of aliphatic imine (C=N–C) groups is 1. The van der Waals surface area contributed by atoms with Gasteiger partial charge in [-0.15, -0.1) is 0 Å². The molecule has 146 valence electrons. The zero-order valence-corrected chi connectivity index (χ0v) is 16.7. The van der Waals surface area contributed by atoms with Gasteiger partial charge in [-0.25, -0.2) is 0 Å². The summed E-state index contributed by atoms with van der Waals surface area (Å²) in [6.07, 6.45) is 1.94. The molecule has 0 saturated carbocycles. The Labute approximate surface area is 162 Å². The van der Waals surface area contributed by atoms with Gasteiger partial charge in [0.1, 0.15) is 0 Å². The fourth-order valence-electron chi connectivity index (χ4n) is 2.97. The number of unbranched alkanes of at least 4 members (excludes halogenated alkanes) is 1. The molecule has 0 saturated heterocycles. The molecule has 0 fully saturated rings. The Hall–Kier alpha value is -2.56. The third kappa shape index (κ3) is 6.93. The zero-order valence-electron chi connectivity index (χ0n) is 16.7. The topological polar surface area (TPSA) is 58.4 Å². The minimum Gasteiger partial charge on any atom is -0.357 e. The average Bonchev–Trinajstić information content (AvgIpc) is 2.68. The number of hydrogen-bond acceptors (Lipinski definition) is 2. The van der Waals surface area contributed by atoms with Crippen LogP contribution in [0.3, 0.4) is 0 Å².